The topological polar surface area (TPSA) is 44.1 Å². The Balaban J connectivity index is 2.12. The lowest BCUT2D eigenvalue weighted by molar-refractivity contribution is -0.0498. The summed E-state index contributed by atoms with van der Waals surface area (Å²) in [4.78, 5) is 11.5. The molecule has 0 aliphatic heterocycles. The van der Waals surface area contributed by atoms with Crippen LogP contribution in [0.5, 0.6) is 5.75 Å². The van der Waals surface area contributed by atoms with Gasteiger partial charge >= 0.3 is 6.61 Å². The minimum absolute atomic E-state index is 0.0252. The van der Waals surface area contributed by atoms with Gasteiger partial charge in [0.25, 0.3) is 0 Å². The first-order valence-electron chi connectivity index (χ1n) is 6.70. The lowest BCUT2D eigenvalue weighted by atomic mass is 10.1. The smallest absolute Gasteiger partial charge is 0.387 e. The Kier molecular flexibility index (Phi) is 4.29. The predicted molar refractivity (Wildman–Crippen MR) is 90.4 cm³/mol. The first-order chi connectivity index (χ1) is 11.0. The van der Waals surface area contributed by atoms with Gasteiger partial charge in [0, 0.05) is 17.0 Å². The number of ketones is 1. The van der Waals surface area contributed by atoms with Crippen molar-refractivity contribution in [1.82, 2.24) is 9.78 Å². The minimum Gasteiger partial charge on any atom is -0.435 e. The number of Topliss-reactive ketones (excluding diaryl/α,β-unsaturated/α-hetero) is 1. The van der Waals surface area contributed by atoms with Crippen molar-refractivity contribution in [1.29, 1.82) is 0 Å². The molecule has 3 aromatic rings. The minimum atomic E-state index is -2.88. The van der Waals surface area contributed by atoms with Gasteiger partial charge in [0.1, 0.15) is 9.45 Å². The molecule has 118 valence electrons. The molecule has 0 aliphatic carbocycles. The van der Waals surface area contributed by atoms with E-state index < -0.39 is 6.61 Å². The maximum atomic E-state index is 12.4. The number of carbonyl (C=O) groups is 1. The fraction of sp³-hybridized carbons (Fsp3) is 0.125. The van der Waals surface area contributed by atoms with Gasteiger partial charge in [0.05, 0.1) is 11.2 Å². The first-order valence-corrected chi connectivity index (χ1v) is 7.78. The van der Waals surface area contributed by atoms with E-state index in [9.17, 15) is 13.6 Å². The number of carbonyl (C=O) groups excluding carboxylic acids is 1. The van der Waals surface area contributed by atoms with Crippen LogP contribution in [0, 0.1) is 3.70 Å². The second kappa shape index (κ2) is 6.23. The summed E-state index contributed by atoms with van der Waals surface area (Å²) in [5.41, 5.74) is 1.99. The monoisotopic (exact) mass is 428 g/mol. The van der Waals surface area contributed by atoms with Crippen LogP contribution in [0.3, 0.4) is 0 Å². The summed E-state index contributed by atoms with van der Waals surface area (Å²) in [7, 11) is 0. The van der Waals surface area contributed by atoms with Crippen LogP contribution < -0.4 is 4.74 Å². The van der Waals surface area contributed by atoms with Crippen LogP contribution in [0.1, 0.15) is 17.3 Å². The Labute approximate surface area is 144 Å². The normalized spacial score (nSPS) is 11.2. The average molecular weight is 428 g/mol. The molecule has 0 bridgehead atoms. The van der Waals surface area contributed by atoms with Gasteiger partial charge in [0.2, 0.25) is 0 Å². The van der Waals surface area contributed by atoms with Crippen molar-refractivity contribution in [3.8, 4) is 11.4 Å². The number of hydrogen-bond donors (Lipinski definition) is 0. The van der Waals surface area contributed by atoms with E-state index >= 15 is 0 Å². The van der Waals surface area contributed by atoms with Crippen LogP contribution in [0.2, 0.25) is 0 Å². The SMILES string of the molecule is CC(=O)c1ccc2c(c1)c(I)nn2-c1cccc(OC(F)F)c1. The Hall–Kier alpha value is -2.03. The number of fused-ring (bicyclic) bond motifs is 1. The zero-order valence-electron chi connectivity index (χ0n) is 12.0. The van der Waals surface area contributed by atoms with Crippen LogP contribution in [0.15, 0.2) is 42.5 Å². The van der Waals surface area contributed by atoms with Crippen molar-refractivity contribution in [2.75, 3.05) is 0 Å². The van der Waals surface area contributed by atoms with Crippen LogP contribution in [0.4, 0.5) is 8.78 Å². The van der Waals surface area contributed by atoms with Gasteiger partial charge in [-0.05, 0) is 59.8 Å². The van der Waals surface area contributed by atoms with Crippen molar-refractivity contribution >= 4 is 39.3 Å². The molecule has 0 atom stereocenters. The molecule has 23 heavy (non-hydrogen) atoms. The van der Waals surface area contributed by atoms with Gasteiger partial charge in [-0.3, -0.25) is 4.79 Å². The van der Waals surface area contributed by atoms with Gasteiger partial charge in [-0.1, -0.05) is 6.07 Å². The van der Waals surface area contributed by atoms with Gasteiger partial charge < -0.3 is 4.74 Å². The van der Waals surface area contributed by atoms with Crippen LogP contribution in [-0.2, 0) is 0 Å². The largest absolute Gasteiger partial charge is 0.435 e. The van der Waals surface area contributed by atoms with Gasteiger partial charge in [-0.15, -0.1) is 0 Å². The second-order valence-corrected chi connectivity index (χ2v) is 5.89. The molecule has 1 heterocycles. The zero-order valence-corrected chi connectivity index (χ0v) is 14.1. The molecule has 0 spiro atoms. The van der Waals surface area contributed by atoms with Crippen molar-refractivity contribution in [2.45, 2.75) is 13.5 Å². The summed E-state index contributed by atoms with van der Waals surface area (Å²) in [6.45, 7) is -1.37. The third-order valence-corrected chi connectivity index (χ3v) is 4.13. The Morgan fingerprint density at radius 2 is 2.04 bits per heavy atom. The summed E-state index contributed by atoms with van der Waals surface area (Å²) < 4.78 is 31.5. The van der Waals surface area contributed by atoms with Crippen molar-refractivity contribution in [3.05, 3.63) is 51.7 Å². The highest BCUT2D eigenvalue weighted by molar-refractivity contribution is 14.1. The average Bonchev–Trinajstić information content (AvgIpc) is 2.83. The van der Waals surface area contributed by atoms with E-state index in [1.165, 1.54) is 19.1 Å². The molecule has 0 aliphatic rings. The maximum Gasteiger partial charge on any atom is 0.387 e. The van der Waals surface area contributed by atoms with E-state index in [1.807, 2.05) is 0 Å². The van der Waals surface area contributed by atoms with Crippen molar-refractivity contribution in [3.63, 3.8) is 0 Å². The number of benzene rings is 2. The summed E-state index contributed by atoms with van der Waals surface area (Å²) >= 11 is 2.08. The molecule has 2 aromatic carbocycles. The lowest BCUT2D eigenvalue weighted by Crippen LogP contribution is -2.03. The molecule has 4 nitrogen and oxygen atoms in total. The molecular formula is C16H11F2IN2O2. The number of aromatic nitrogens is 2. The van der Waals surface area contributed by atoms with Crippen LogP contribution in [0.25, 0.3) is 16.6 Å². The highest BCUT2D eigenvalue weighted by atomic mass is 127. The van der Waals surface area contributed by atoms with E-state index in [4.69, 9.17) is 0 Å². The molecule has 0 radical (unpaired) electrons. The van der Waals surface area contributed by atoms with Gasteiger partial charge in [0.15, 0.2) is 5.78 Å². The molecule has 0 N–H and O–H groups in total. The first kappa shape index (κ1) is 15.9. The van der Waals surface area contributed by atoms with Crippen molar-refractivity contribution < 1.29 is 18.3 Å². The number of halogens is 3. The third kappa shape index (κ3) is 3.19. The molecule has 0 saturated carbocycles. The van der Waals surface area contributed by atoms with Gasteiger partial charge in [-0.25, -0.2) is 4.68 Å². The predicted octanol–water partition coefficient (Wildman–Crippen LogP) is 4.43. The number of alkyl halides is 2. The fourth-order valence-electron chi connectivity index (χ4n) is 2.29. The molecule has 0 unspecified atom stereocenters. The molecule has 7 heteroatoms. The number of nitrogens with zero attached hydrogens (tertiary/aromatic N) is 2. The quantitative estimate of drug-likeness (QED) is 0.456. The van der Waals surface area contributed by atoms with E-state index in [0.29, 0.717) is 11.3 Å². The van der Waals surface area contributed by atoms with Crippen LogP contribution >= 0.6 is 22.6 Å². The number of ether oxygens (including phenoxy) is 1. The molecule has 1 aromatic heterocycles. The van der Waals surface area contributed by atoms with Crippen LogP contribution in [-0.4, -0.2) is 22.2 Å². The highest BCUT2D eigenvalue weighted by Crippen LogP contribution is 2.26. The summed E-state index contributed by atoms with van der Waals surface area (Å²) in [5, 5.41) is 5.26. The second-order valence-electron chi connectivity index (χ2n) is 4.87. The number of hydrogen-bond acceptors (Lipinski definition) is 3. The molecular weight excluding hydrogens is 417 g/mol. The lowest BCUT2D eigenvalue weighted by Gasteiger charge is -2.08. The summed E-state index contributed by atoms with van der Waals surface area (Å²) in [5.74, 6) is 0.0410. The van der Waals surface area contributed by atoms with E-state index in [-0.39, 0.29) is 11.5 Å². The third-order valence-electron chi connectivity index (χ3n) is 3.33. The maximum absolute atomic E-state index is 12.4. The molecule has 0 fully saturated rings. The Morgan fingerprint density at radius 1 is 1.26 bits per heavy atom. The van der Waals surface area contributed by atoms with E-state index in [2.05, 4.69) is 32.4 Å². The molecule has 3 rings (SSSR count). The Bertz CT molecular complexity index is 893. The summed E-state index contributed by atoms with van der Waals surface area (Å²) in [6, 6.07) is 11.6. The zero-order chi connectivity index (χ0) is 16.6. The molecule has 0 amide bonds. The van der Waals surface area contributed by atoms with E-state index in [1.54, 1.807) is 35.0 Å². The Morgan fingerprint density at radius 3 is 2.74 bits per heavy atom. The highest BCUT2D eigenvalue weighted by Gasteiger charge is 2.13. The van der Waals surface area contributed by atoms with Crippen molar-refractivity contribution in [2.24, 2.45) is 0 Å². The fourth-order valence-corrected chi connectivity index (χ4v) is 2.94. The number of rotatable bonds is 4. The summed E-state index contributed by atoms with van der Waals surface area (Å²) in [6.07, 6.45) is 0. The van der Waals surface area contributed by atoms with Gasteiger partial charge in [-0.2, -0.15) is 13.9 Å². The molecule has 0 saturated heterocycles. The standard InChI is InChI=1S/C16H11F2IN2O2/c1-9(22)10-5-6-14-13(7-10)15(19)20-21(14)11-3-2-4-12(8-11)23-16(17)18/h2-8,16H,1H3. The van der Waals surface area contributed by atoms with E-state index in [0.717, 1.165) is 14.6 Å².